The summed E-state index contributed by atoms with van der Waals surface area (Å²) in [5.74, 6) is 0.332. The molecule has 0 aliphatic heterocycles. The molecule has 0 spiro atoms. The van der Waals surface area contributed by atoms with E-state index in [9.17, 15) is 4.79 Å². The number of aliphatic carboxylic acids is 1. The molecule has 2 rings (SSSR count). The van der Waals surface area contributed by atoms with Crippen LogP contribution in [0.15, 0.2) is 12.4 Å². The number of anilines is 1. The van der Waals surface area contributed by atoms with E-state index in [-0.39, 0.29) is 6.10 Å². The molecule has 1 aliphatic carbocycles. The second-order valence-electron chi connectivity index (χ2n) is 4.85. The number of nitrogens with one attached hydrogen (secondary N) is 1. The van der Waals surface area contributed by atoms with Crippen molar-refractivity contribution in [1.82, 2.24) is 9.97 Å². The standard InChI is InChI=1S/C12H17N3O3/c1-8(2)18-10-5-9(14-7-15-10)13-6-12(3-4-12)11(16)17/h5,7-8H,3-4,6H2,1-2H3,(H,16,17)(H,13,14,15). The highest BCUT2D eigenvalue weighted by atomic mass is 16.5. The molecule has 1 saturated carbocycles. The molecule has 1 heterocycles. The van der Waals surface area contributed by atoms with E-state index in [0.29, 0.717) is 18.2 Å². The SMILES string of the molecule is CC(C)Oc1cc(NCC2(C(=O)O)CC2)ncn1. The molecular formula is C12H17N3O3. The maximum absolute atomic E-state index is 11.0. The number of aromatic nitrogens is 2. The Kier molecular flexibility index (Phi) is 3.36. The zero-order valence-corrected chi connectivity index (χ0v) is 10.5. The molecule has 1 aliphatic rings. The van der Waals surface area contributed by atoms with Crippen LogP contribution in [0.1, 0.15) is 26.7 Å². The third-order valence-corrected chi connectivity index (χ3v) is 2.91. The van der Waals surface area contributed by atoms with Gasteiger partial charge in [0.15, 0.2) is 0 Å². The van der Waals surface area contributed by atoms with E-state index in [4.69, 9.17) is 9.84 Å². The molecular weight excluding hydrogens is 234 g/mol. The Balaban J connectivity index is 1.95. The second-order valence-corrected chi connectivity index (χ2v) is 4.85. The lowest BCUT2D eigenvalue weighted by Gasteiger charge is -2.13. The van der Waals surface area contributed by atoms with Crippen molar-refractivity contribution in [2.24, 2.45) is 5.41 Å². The van der Waals surface area contributed by atoms with Gasteiger partial charge in [-0.1, -0.05) is 0 Å². The van der Waals surface area contributed by atoms with Gasteiger partial charge in [-0.2, -0.15) is 0 Å². The number of carboxylic acid groups (broad SMARTS) is 1. The number of hydrogen-bond donors (Lipinski definition) is 2. The van der Waals surface area contributed by atoms with Gasteiger partial charge in [-0.05, 0) is 26.7 Å². The van der Waals surface area contributed by atoms with Crippen LogP contribution in [-0.4, -0.2) is 33.7 Å². The minimum atomic E-state index is -0.747. The summed E-state index contributed by atoms with van der Waals surface area (Å²) in [6.45, 7) is 4.22. The molecule has 1 aromatic heterocycles. The van der Waals surface area contributed by atoms with Crippen LogP contribution < -0.4 is 10.1 Å². The molecule has 0 radical (unpaired) electrons. The normalized spacial score (nSPS) is 16.4. The predicted octanol–water partition coefficient (Wildman–Crippen LogP) is 1.54. The quantitative estimate of drug-likeness (QED) is 0.797. The van der Waals surface area contributed by atoms with Crippen LogP contribution in [0.25, 0.3) is 0 Å². The van der Waals surface area contributed by atoms with Crippen molar-refractivity contribution in [3.8, 4) is 5.88 Å². The zero-order valence-electron chi connectivity index (χ0n) is 10.5. The molecule has 0 atom stereocenters. The van der Waals surface area contributed by atoms with Crippen LogP contribution in [0.5, 0.6) is 5.88 Å². The monoisotopic (exact) mass is 251 g/mol. The van der Waals surface area contributed by atoms with Gasteiger partial charge in [-0.3, -0.25) is 4.79 Å². The van der Waals surface area contributed by atoms with Gasteiger partial charge < -0.3 is 15.2 Å². The molecule has 0 unspecified atom stereocenters. The van der Waals surface area contributed by atoms with Crippen LogP contribution in [-0.2, 0) is 4.79 Å². The minimum Gasteiger partial charge on any atom is -0.481 e. The van der Waals surface area contributed by atoms with Crippen molar-refractivity contribution < 1.29 is 14.6 Å². The van der Waals surface area contributed by atoms with Crippen LogP contribution in [0.4, 0.5) is 5.82 Å². The van der Waals surface area contributed by atoms with Gasteiger partial charge in [0.2, 0.25) is 5.88 Å². The molecule has 0 saturated heterocycles. The summed E-state index contributed by atoms with van der Waals surface area (Å²) in [5, 5.41) is 12.1. The Labute approximate surface area is 105 Å². The van der Waals surface area contributed by atoms with Crippen LogP contribution >= 0.6 is 0 Å². The van der Waals surface area contributed by atoms with Gasteiger partial charge in [0.25, 0.3) is 0 Å². The highest BCUT2D eigenvalue weighted by Crippen LogP contribution is 2.45. The topological polar surface area (TPSA) is 84.3 Å². The molecule has 2 N–H and O–H groups in total. The van der Waals surface area contributed by atoms with E-state index in [0.717, 1.165) is 12.8 Å². The lowest BCUT2D eigenvalue weighted by Crippen LogP contribution is -2.24. The molecule has 1 aromatic rings. The zero-order chi connectivity index (χ0) is 13.2. The fourth-order valence-electron chi connectivity index (χ4n) is 1.62. The average Bonchev–Trinajstić information content (AvgIpc) is 3.07. The smallest absolute Gasteiger partial charge is 0.311 e. The summed E-state index contributed by atoms with van der Waals surface area (Å²) in [4.78, 5) is 19.0. The van der Waals surface area contributed by atoms with Crippen molar-refractivity contribution in [2.75, 3.05) is 11.9 Å². The molecule has 0 aromatic carbocycles. The second kappa shape index (κ2) is 4.80. The Morgan fingerprint density at radius 1 is 1.56 bits per heavy atom. The van der Waals surface area contributed by atoms with Gasteiger partial charge in [-0.15, -0.1) is 0 Å². The molecule has 6 heteroatoms. The first kappa shape index (κ1) is 12.6. The van der Waals surface area contributed by atoms with E-state index in [1.807, 2.05) is 13.8 Å². The van der Waals surface area contributed by atoms with E-state index < -0.39 is 11.4 Å². The average molecular weight is 251 g/mol. The third-order valence-electron chi connectivity index (χ3n) is 2.91. The molecule has 1 fully saturated rings. The van der Waals surface area contributed by atoms with Crippen LogP contribution in [0.3, 0.4) is 0 Å². The van der Waals surface area contributed by atoms with Crippen molar-refractivity contribution in [3.63, 3.8) is 0 Å². The van der Waals surface area contributed by atoms with E-state index in [2.05, 4.69) is 15.3 Å². The number of nitrogens with zero attached hydrogens (tertiary/aromatic N) is 2. The van der Waals surface area contributed by atoms with Crippen LogP contribution in [0, 0.1) is 5.41 Å². The lowest BCUT2D eigenvalue weighted by atomic mass is 10.1. The fraction of sp³-hybridized carbons (Fsp3) is 0.583. The summed E-state index contributed by atoms with van der Waals surface area (Å²) in [6.07, 6.45) is 2.88. The minimum absolute atomic E-state index is 0.0431. The Morgan fingerprint density at radius 3 is 2.83 bits per heavy atom. The Hall–Kier alpha value is -1.85. The molecule has 6 nitrogen and oxygen atoms in total. The number of carboxylic acids is 1. The first-order chi connectivity index (χ1) is 8.52. The molecule has 98 valence electrons. The van der Waals surface area contributed by atoms with Gasteiger partial charge in [0, 0.05) is 12.6 Å². The summed E-state index contributed by atoms with van der Waals surface area (Å²) < 4.78 is 5.44. The number of hydrogen-bond acceptors (Lipinski definition) is 5. The van der Waals surface area contributed by atoms with Gasteiger partial charge >= 0.3 is 5.97 Å². The van der Waals surface area contributed by atoms with E-state index in [1.54, 1.807) is 6.07 Å². The highest BCUT2D eigenvalue weighted by Gasteiger charge is 2.50. The van der Waals surface area contributed by atoms with Crippen molar-refractivity contribution in [1.29, 1.82) is 0 Å². The molecule has 0 bridgehead atoms. The van der Waals surface area contributed by atoms with Crippen molar-refractivity contribution >= 4 is 11.8 Å². The first-order valence-corrected chi connectivity index (χ1v) is 5.98. The third kappa shape index (κ3) is 2.88. The number of ether oxygens (including phenoxy) is 1. The fourth-order valence-corrected chi connectivity index (χ4v) is 1.62. The number of rotatable bonds is 6. The first-order valence-electron chi connectivity index (χ1n) is 5.98. The summed E-state index contributed by atoms with van der Waals surface area (Å²) in [7, 11) is 0. The largest absolute Gasteiger partial charge is 0.481 e. The van der Waals surface area contributed by atoms with Gasteiger partial charge in [0.05, 0.1) is 11.5 Å². The summed E-state index contributed by atoms with van der Waals surface area (Å²) in [5.41, 5.74) is -0.607. The predicted molar refractivity (Wildman–Crippen MR) is 65.6 cm³/mol. The van der Waals surface area contributed by atoms with Gasteiger partial charge in [0.1, 0.15) is 12.1 Å². The molecule has 0 amide bonds. The summed E-state index contributed by atoms with van der Waals surface area (Å²) >= 11 is 0. The maximum atomic E-state index is 11.0. The van der Waals surface area contributed by atoms with Crippen LogP contribution in [0.2, 0.25) is 0 Å². The summed E-state index contributed by atoms with van der Waals surface area (Å²) in [6, 6.07) is 1.68. The van der Waals surface area contributed by atoms with Gasteiger partial charge in [-0.25, -0.2) is 9.97 Å². The van der Waals surface area contributed by atoms with Crippen molar-refractivity contribution in [3.05, 3.63) is 12.4 Å². The lowest BCUT2D eigenvalue weighted by molar-refractivity contribution is -0.142. The Morgan fingerprint density at radius 2 is 2.28 bits per heavy atom. The number of carbonyl (C=O) groups is 1. The van der Waals surface area contributed by atoms with Crippen molar-refractivity contribution in [2.45, 2.75) is 32.8 Å². The van der Waals surface area contributed by atoms with E-state index in [1.165, 1.54) is 6.33 Å². The maximum Gasteiger partial charge on any atom is 0.311 e. The van der Waals surface area contributed by atoms with E-state index >= 15 is 0 Å². The Bertz CT molecular complexity index is 444. The highest BCUT2D eigenvalue weighted by molar-refractivity contribution is 5.78. The molecule has 18 heavy (non-hydrogen) atoms.